The lowest BCUT2D eigenvalue weighted by molar-refractivity contribution is -0.135. The van der Waals surface area contributed by atoms with Gasteiger partial charge in [-0.3, -0.25) is 4.79 Å². The predicted octanol–water partition coefficient (Wildman–Crippen LogP) is 4.77. The van der Waals surface area contributed by atoms with Crippen LogP contribution < -0.4 is 0 Å². The molecule has 0 spiro atoms. The van der Waals surface area contributed by atoms with E-state index < -0.39 is 12.0 Å². The normalized spacial score (nSPS) is 19.3. The molecule has 1 aromatic heterocycles. The minimum absolute atomic E-state index is 0.0522. The Hall–Kier alpha value is -2.05. The number of likely N-dealkylation sites (tertiary alicyclic amines) is 1. The first kappa shape index (κ1) is 20.7. The van der Waals surface area contributed by atoms with Crippen molar-refractivity contribution in [1.29, 1.82) is 0 Å². The number of alkyl halides is 2. The Kier molecular flexibility index (Phi) is 6.97. The number of halogens is 2. The van der Waals surface area contributed by atoms with E-state index in [1.54, 1.807) is 28.4 Å². The second-order valence-electron chi connectivity index (χ2n) is 7.05. The molecule has 0 saturated carbocycles. The lowest BCUT2D eigenvalue weighted by Gasteiger charge is -2.34. The zero-order valence-electron chi connectivity index (χ0n) is 15.6. The topological polar surface area (TPSA) is 40.5 Å². The summed E-state index contributed by atoms with van der Waals surface area (Å²) in [6.07, 6.45) is 4.47. The summed E-state index contributed by atoms with van der Waals surface area (Å²) in [7, 11) is 0. The molecule has 6 heteroatoms. The minimum Gasteiger partial charge on any atom is -0.382 e. The summed E-state index contributed by atoms with van der Waals surface area (Å²) in [5.41, 5.74) is -0.223. The summed E-state index contributed by atoms with van der Waals surface area (Å²) >= 11 is 1.69. The van der Waals surface area contributed by atoms with Crippen LogP contribution in [0.15, 0.2) is 60.0 Å². The summed E-state index contributed by atoms with van der Waals surface area (Å²) in [5, 5.41) is 12.1. The van der Waals surface area contributed by atoms with E-state index in [2.05, 4.69) is 6.07 Å². The van der Waals surface area contributed by atoms with E-state index in [0.717, 1.165) is 31.8 Å². The Bertz CT molecular complexity index is 777. The Morgan fingerprint density at radius 3 is 2.75 bits per heavy atom. The first-order chi connectivity index (χ1) is 13.5. The smallest absolute Gasteiger partial charge is 0.302 e. The highest BCUT2D eigenvalue weighted by atomic mass is 32.1. The third kappa shape index (κ3) is 5.06. The number of benzene rings is 1. The van der Waals surface area contributed by atoms with Gasteiger partial charge in [-0.1, -0.05) is 48.6 Å². The monoisotopic (exact) mass is 405 g/mol. The molecule has 3 rings (SSSR count). The van der Waals surface area contributed by atoms with Crippen molar-refractivity contribution < 1.29 is 18.7 Å². The molecule has 150 valence electrons. The van der Waals surface area contributed by atoms with Crippen LogP contribution in [-0.4, -0.2) is 34.6 Å². The molecule has 1 saturated heterocycles. The van der Waals surface area contributed by atoms with Gasteiger partial charge in [-0.25, -0.2) is 0 Å². The lowest BCUT2D eigenvalue weighted by Crippen LogP contribution is -2.43. The molecule has 0 unspecified atom stereocenters. The second kappa shape index (κ2) is 9.43. The van der Waals surface area contributed by atoms with Crippen molar-refractivity contribution >= 4 is 17.2 Å². The number of piperidine rings is 1. The zero-order valence-corrected chi connectivity index (χ0v) is 16.5. The van der Waals surface area contributed by atoms with Crippen molar-refractivity contribution in [3.8, 4) is 0 Å². The number of thiophene rings is 1. The number of rotatable bonds is 8. The van der Waals surface area contributed by atoms with Gasteiger partial charge < -0.3 is 10.0 Å². The number of amides is 1. The van der Waals surface area contributed by atoms with Gasteiger partial charge in [0.25, 0.3) is 0 Å². The average molecular weight is 406 g/mol. The number of aliphatic hydroxyl groups excluding tert-OH is 1. The van der Waals surface area contributed by atoms with Crippen LogP contribution in [0.3, 0.4) is 0 Å². The Morgan fingerprint density at radius 1 is 1.25 bits per heavy atom. The fourth-order valence-corrected chi connectivity index (χ4v) is 4.25. The van der Waals surface area contributed by atoms with Gasteiger partial charge in [0, 0.05) is 23.4 Å². The largest absolute Gasteiger partial charge is 0.382 e. The van der Waals surface area contributed by atoms with E-state index in [4.69, 9.17) is 0 Å². The van der Waals surface area contributed by atoms with Gasteiger partial charge in [0.1, 0.15) is 6.10 Å². The van der Waals surface area contributed by atoms with Crippen molar-refractivity contribution in [1.82, 2.24) is 4.90 Å². The van der Waals surface area contributed by atoms with Gasteiger partial charge in [-0.2, -0.15) is 8.78 Å². The fraction of sp³-hybridized carbons (Fsp3) is 0.409. The van der Waals surface area contributed by atoms with E-state index in [1.165, 1.54) is 29.1 Å². The van der Waals surface area contributed by atoms with Crippen molar-refractivity contribution in [3.05, 3.63) is 70.4 Å². The number of hydrogen-bond acceptors (Lipinski definition) is 3. The van der Waals surface area contributed by atoms with Crippen LogP contribution in [0.2, 0.25) is 0 Å². The molecule has 1 N–H and O–H groups in total. The molecule has 28 heavy (non-hydrogen) atoms. The Labute approximate surface area is 168 Å². The third-order valence-corrected chi connectivity index (χ3v) is 6.00. The molecular formula is C22H25F2NO2S. The molecule has 1 aliphatic heterocycles. The summed E-state index contributed by atoms with van der Waals surface area (Å²) in [6.45, 7) is 0.594. The van der Waals surface area contributed by atoms with Crippen molar-refractivity contribution in [3.63, 3.8) is 0 Å². The summed E-state index contributed by atoms with van der Waals surface area (Å²) < 4.78 is 28.9. The van der Waals surface area contributed by atoms with Gasteiger partial charge in [-0.05, 0) is 37.1 Å². The molecule has 2 heterocycles. The maximum absolute atomic E-state index is 14.5. The highest BCUT2D eigenvalue weighted by Crippen LogP contribution is 2.32. The van der Waals surface area contributed by atoms with Crippen LogP contribution >= 0.6 is 11.3 Å². The van der Waals surface area contributed by atoms with Gasteiger partial charge in [-0.15, -0.1) is 11.3 Å². The number of carbonyl (C=O) groups excluding carboxylic acids is 1. The van der Waals surface area contributed by atoms with Crippen molar-refractivity contribution in [2.45, 2.75) is 50.2 Å². The second-order valence-corrected chi connectivity index (χ2v) is 8.08. The molecule has 0 radical (unpaired) electrons. The van der Waals surface area contributed by atoms with Gasteiger partial charge >= 0.3 is 5.92 Å². The molecule has 0 aliphatic carbocycles. The molecule has 3 nitrogen and oxygen atoms in total. The average Bonchev–Trinajstić information content (AvgIpc) is 3.22. The van der Waals surface area contributed by atoms with Crippen molar-refractivity contribution in [2.24, 2.45) is 0 Å². The molecule has 2 atom stereocenters. The van der Waals surface area contributed by atoms with Crippen LogP contribution in [0.4, 0.5) is 8.78 Å². The number of nitrogens with zero attached hydrogens (tertiary/aromatic N) is 1. The zero-order chi connectivity index (χ0) is 20.0. The first-order valence-electron chi connectivity index (χ1n) is 9.60. The number of aryl methyl sites for hydroxylation is 1. The SMILES string of the molecule is O=C1CCC[C@H](/C=C/[C@@H](O)C(F)(F)c2ccccc2)N1CCCc1cccs1. The van der Waals surface area contributed by atoms with Gasteiger partial charge in [0.05, 0.1) is 6.04 Å². The third-order valence-electron chi connectivity index (χ3n) is 5.06. The quantitative estimate of drug-likeness (QED) is 0.643. The van der Waals surface area contributed by atoms with Gasteiger partial charge in [0.15, 0.2) is 0 Å². The van der Waals surface area contributed by atoms with Crippen LogP contribution in [-0.2, 0) is 17.1 Å². The molecule has 2 aromatic rings. The summed E-state index contributed by atoms with van der Waals surface area (Å²) in [4.78, 5) is 15.4. The predicted molar refractivity (Wildman–Crippen MR) is 107 cm³/mol. The first-order valence-corrected chi connectivity index (χ1v) is 10.5. The van der Waals surface area contributed by atoms with Crippen LogP contribution in [0.5, 0.6) is 0 Å². The fourth-order valence-electron chi connectivity index (χ4n) is 3.50. The minimum atomic E-state index is -3.37. The van der Waals surface area contributed by atoms with E-state index >= 15 is 0 Å². The van der Waals surface area contributed by atoms with Crippen LogP contribution in [0, 0.1) is 0 Å². The maximum Gasteiger partial charge on any atom is 0.302 e. The summed E-state index contributed by atoms with van der Waals surface area (Å²) in [6, 6.07) is 11.1. The molecule has 0 bridgehead atoms. The molecule has 1 amide bonds. The van der Waals surface area contributed by atoms with Crippen LogP contribution in [0.1, 0.15) is 36.1 Å². The molecule has 1 fully saturated rings. The Morgan fingerprint density at radius 2 is 2.04 bits per heavy atom. The summed E-state index contributed by atoms with van der Waals surface area (Å²) in [5.74, 6) is -3.32. The van der Waals surface area contributed by atoms with E-state index in [1.807, 2.05) is 11.4 Å². The van der Waals surface area contributed by atoms with E-state index in [9.17, 15) is 18.7 Å². The van der Waals surface area contributed by atoms with E-state index in [0.29, 0.717) is 13.0 Å². The standard InChI is InChI=1S/C22H25F2NO2S/c23-22(24,17-7-2-1-3-8-17)20(26)14-13-18-9-4-12-21(27)25(18)15-5-10-19-11-6-16-28-19/h1-3,6-8,11,13-14,16,18,20,26H,4-5,9-10,12,15H2/b14-13+/t18-,20-/m1/s1. The maximum atomic E-state index is 14.5. The molecular weight excluding hydrogens is 380 g/mol. The van der Waals surface area contributed by atoms with Crippen LogP contribution in [0.25, 0.3) is 0 Å². The lowest BCUT2D eigenvalue weighted by atomic mass is 9.98. The Balaban J connectivity index is 1.63. The van der Waals surface area contributed by atoms with E-state index in [-0.39, 0.29) is 17.5 Å². The van der Waals surface area contributed by atoms with Gasteiger partial charge in [0.2, 0.25) is 5.91 Å². The number of carbonyl (C=O) groups is 1. The number of aliphatic hydroxyl groups is 1. The number of hydrogen-bond donors (Lipinski definition) is 1. The van der Waals surface area contributed by atoms with Crippen molar-refractivity contribution in [2.75, 3.05) is 6.54 Å². The highest BCUT2D eigenvalue weighted by molar-refractivity contribution is 7.09. The highest BCUT2D eigenvalue weighted by Gasteiger charge is 2.39. The molecule has 1 aliphatic rings. The molecule has 1 aromatic carbocycles.